The standard InChI is InChI=1S/C17H16F3N5O4/c1-11-8-13(24(26)27)10-21-16(11)23-6-4-22(5-7-23)14-3-2-12(17(18,19)20)9-15(14)25(28)29/h2-3,8-10H,4-7H2,1H3. The average molecular weight is 411 g/mol. The van der Waals surface area contributed by atoms with Crippen LogP contribution < -0.4 is 9.80 Å². The second-order valence-electron chi connectivity index (χ2n) is 6.52. The summed E-state index contributed by atoms with van der Waals surface area (Å²) < 4.78 is 38.6. The zero-order valence-electron chi connectivity index (χ0n) is 15.2. The Morgan fingerprint density at radius 2 is 1.62 bits per heavy atom. The van der Waals surface area contributed by atoms with Gasteiger partial charge in [0.05, 0.1) is 15.4 Å². The number of benzene rings is 1. The van der Waals surface area contributed by atoms with E-state index in [1.54, 1.807) is 11.8 Å². The Morgan fingerprint density at radius 3 is 2.14 bits per heavy atom. The Morgan fingerprint density at radius 1 is 1.00 bits per heavy atom. The van der Waals surface area contributed by atoms with Gasteiger partial charge >= 0.3 is 6.18 Å². The second kappa shape index (κ2) is 7.53. The molecule has 0 aliphatic carbocycles. The van der Waals surface area contributed by atoms with Crippen LogP contribution in [0.15, 0.2) is 30.5 Å². The molecule has 154 valence electrons. The molecule has 0 unspecified atom stereocenters. The molecule has 0 atom stereocenters. The van der Waals surface area contributed by atoms with Gasteiger partial charge < -0.3 is 9.80 Å². The predicted molar refractivity (Wildman–Crippen MR) is 98.2 cm³/mol. The number of aromatic nitrogens is 1. The maximum Gasteiger partial charge on any atom is 0.416 e. The number of nitrogens with zero attached hydrogens (tertiary/aromatic N) is 5. The third-order valence-corrected chi connectivity index (χ3v) is 4.67. The van der Waals surface area contributed by atoms with Gasteiger partial charge in [0.25, 0.3) is 11.4 Å². The molecule has 1 saturated heterocycles. The second-order valence-corrected chi connectivity index (χ2v) is 6.52. The fourth-order valence-corrected chi connectivity index (χ4v) is 3.26. The zero-order valence-corrected chi connectivity index (χ0v) is 15.2. The van der Waals surface area contributed by atoms with Gasteiger partial charge in [0.15, 0.2) is 0 Å². The van der Waals surface area contributed by atoms with Crippen molar-refractivity contribution in [2.75, 3.05) is 36.0 Å². The lowest BCUT2D eigenvalue weighted by atomic mass is 10.1. The van der Waals surface area contributed by atoms with Crippen molar-refractivity contribution in [3.63, 3.8) is 0 Å². The highest BCUT2D eigenvalue weighted by Gasteiger charge is 2.34. The summed E-state index contributed by atoms with van der Waals surface area (Å²) in [4.78, 5) is 28.4. The van der Waals surface area contributed by atoms with Gasteiger partial charge in [0.1, 0.15) is 17.7 Å². The van der Waals surface area contributed by atoms with E-state index in [4.69, 9.17) is 0 Å². The minimum Gasteiger partial charge on any atom is -0.362 e. The zero-order chi connectivity index (χ0) is 21.3. The van der Waals surface area contributed by atoms with Crippen molar-refractivity contribution >= 4 is 22.9 Å². The third-order valence-electron chi connectivity index (χ3n) is 4.67. The number of rotatable bonds is 4. The maximum absolute atomic E-state index is 12.9. The Kier molecular flexibility index (Phi) is 5.27. The number of nitro groups is 2. The number of anilines is 2. The molecule has 0 radical (unpaired) electrons. The van der Waals surface area contributed by atoms with Crippen molar-refractivity contribution in [2.24, 2.45) is 0 Å². The molecule has 1 aliphatic heterocycles. The van der Waals surface area contributed by atoms with Crippen LogP contribution in [0, 0.1) is 27.2 Å². The maximum atomic E-state index is 12.9. The van der Waals surface area contributed by atoms with Crippen molar-refractivity contribution in [1.29, 1.82) is 0 Å². The van der Waals surface area contributed by atoms with E-state index in [0.717, 1.165) is 18.3 Å². The molecular weight excluding hydrogens is 395 g/mol. The van der Waals surface area contributed by atoms with Gasteiger partial charge in [-0.3, -0.25) is 20.2 Å². The molecule has 3 rings (SSSR count). The Balaban J connectivity index is 1.79. The van der Waals surface area contributed by atoms with E-state index in [9.17, 15) is 33.4 Å². The third kappa shape index (κ3) is 4.20. The molecule has 1 aromatic carbocycles. The Bertz CT molecular complexity index is 959. The molecule has 0 bridgehead atoms. The van der Waals surface area contributed by atoms with Crippen molar-refractivity contribution in [1.82, 2.24) is 4.98 Å². The highest BCUT2D eigenvalue weighted by molar-refractivity contribution is 5.65. The topological polar surface area (TPSA) is 106 Å². The van der Waals surface area contributed by atoms with Crippen LogP contribution in [-0.2, 0) is 6.18 Å². The summed E-state index contributed by atoms with van der Waals surface area (Å²) in [6.07, 6.45) is -3.50. The number of hydrogen-bond acceptors (Lipinski definition) is 7. The number of halogens is 3. The van der Waals surface area contributed by atoms with Gasteiger partial charge in [-0.1, -0.05) is 0 Å². The molecule has 0 N–H and O–H groups in total. The minimum absolute atomic E-state index is 0.120. The molecule has 12 heteroatoms. The summed E-state index contributed by atoms with van der Waals surface area (Å²) >= 11 is 0. The van der Waals surface area contributed by atoms with E-state index in [-0.39, 0.29) is 11.4 Å². The Labute approximate surface area is 162 Å². The largest absolute Gasteiger partial charge is 0.416 e. The van der Waals surface area contributed by atoms with Gasteiger partial charge in [0.2, 0.25) is 0 Å². The van der Waals surface area contributed by atoms with Crippen molar-refractivity contribution < 1.29 is 23.0 Å². The summed E-state index contributed by atoms with van der Waals surface area (Å²) in [5.74, 6) is 0.567. The lowest BCUT2D eigenvalue weighted by Gasteiger charge is -2.37. The van der Waals surface area contributed by atoms with Gasteiger partial charge in [-0.2, -0.15) is 13.2 Å². The number of hydrogen-bond donors (Lipinski definition) is 0. The molecule has 0 spiro atoms. The summed E-state index contributed by atoms with van der Waals surface area (Å²) in [6, 6.07) is 3.90. The summed E-state index contributed by atoms with van der Waals surface area (Å²) in [6.45, 7) is 3.16. The summed E-state index contributed by atoms with van der Waals surface area (Å²) in [5, 5.41) is 22.1. The van der Waals surface area contributed by atoms with Crippen LogP contribution in [0.25, 0.3) is 0 Å². The SMILES string of the molecule is Cc1cc([N+](=O)[O-])cnc1N1CCN(c2ccc(C(F)(F)F)cc2[N+](=O)[O-])CC1. The fourth-order valence-electron chi connectivity index (χ4n) is 3.26. The lowest BCUT2D eigenvalue weighted by molar-refractivity contribution is -0.385. The molecule has 1 fully saturated rings. The molecule has 2 aromatic rings. The first-order valence-electron chi connectivity index (χ1n) is 8.54. The van der Waals surface area contributed by atoms with Crippen molar-refractivity contribution in [3.05, 3.63) is 61.8 Å². The van der Waals surface area contributed by atoms with Crippen LogP contribution in [0.3, 0.4) is 0 Å². The Hall–Kier alpha value is -3.44. The lowest BCUT2D eigenvalue weighted by Crippen LogP contribution is -2.47. The molecule has 2 heterocycles. The molecule has 1 aliphatic rings. The molecule has 0 amide bonds. The van der Waals surface area contributed by atoms with Crippen LogP contribution in [0.5, 0.6) is 0 Å². The van der Waals surface area contributed by atoms with Gasteiger partial charge in [-0.15, -0.1) is 0 Å². The monoisotopic (exact) mass is 411 g/mol. The smallest absolute Gasteiger partial charge is 0.362 e. The van der Waals surface area contributed by atoms with E-state index in [2.05, 4.69) is 4.98 Å². The van der Waals surface area contributed by atoms with E-state index < -0.39 is 27.3 Å². The highest BCUT2D eigenvalue weighted by Crippen LogP contribution is 2.37. The molecular formula is C17H16F3N5O4. The van der Waals surface area contributed by atoms with Crippen LogP contribution in [0.2, 0.25) is 0 Å². The van der Waals surface area contributed by atoms with E-state index in [1.165, 1.54) is 6.07 Å². The normalized spacial score (nSPS) is 14.8. The van der Waals surface area contributed by atoms with Crippen LogP contribution in [0.1, 0.15) is 11.1 Å². The van der Waals surface area contributed by atoms with Crippen LogP contribution >= 0.6 is 0 Å². The van der Waals surface area contributed by atoms with Crippen molar-refractivity contribution in [3.8, 4) is 0 Å². The molecule has 9 nitrogen and oxygen atoms in total. The van der Waals surface area contributed by atoms with Crippen molar-refractivity contribution in [2.45, 2.75) is 13.1 Å². The number of nitro benzene ring substituents is 1. The predicted octanol–water partition coefficient (Wildman–Crippen LogP) is 3.55. The number of piperazine rings is 1. The van der Waals surface area contributed by atoms with Gasteiger partial charge in [0, 0.05) is 38.3 Å². The van der Waals surface area contributed by atoms with E-state index in [0.29, 0.717) is 43.6 Å². The molecule has 1 aromatic heterocycles. The minimum atomic E-state index is -4.67. The van der Waals surface area contributed by atoms with E-state index in [1.807, 2.05) is 4.90 Å². The molecule has 0 saturated carbocycles. The highest BCUT2D eigenvalue weighted by atomic mass is 19.4. The average Bonchev–Trinajstić information content (AvgIpc) is 2.67. The van der Waals surface area contributed by atoms with Crippen LogP contribution in [-0.4, -0.2) is 41.0 Å². The number of aryl methyl sites for hydroxylation is 1. The van der Waals surface area contributed by atoms with Crippen LogP contribution in [0.4, 0.5) is 36.1 Å². The quantitative estimate of drug-likeness (QED) is 0.559. The number of alkyl halides is 3. The molecule has 29 heavy (non-hydrogen) atoms. The van der Waals surface area contributed by atoms with E-state index >= 15 is 0 Å². The van der Waals surface area contributed by atoms with Gasteiger partial charge in [-0.25, -0.2) is 4.98 Å². The summed E-state index contributed by atoms with van der Waals surface area (Å²) in [5.41, 5.74) is -1.05. The first-order chi connectivity index (χ1) is 13.6. The first-order valence-corrected chi connectivity index (χ1v) is 8.54. The summed E-state index contributed by atoms with van der Waals surface area (Å²) in [7, 11) is 0. The number of pyridine rings is 1. The first kappa shape index (κ1) is 20.3. The fraction of sp³-hybridized carbons (Fsp3) is 0.353. The van der Waals surface area contributed by atoms with Gasteiger partial charge in [-0.05, 0) is 24.6 Å².